The van der Waals surface area contributed by atoms with Gasteiger partial charge in [-0.25, -0.2) is 65.1 Å². The smallest absolute Gasteiger partial charge is 0.343 e. The second-order valence-corrected chi connectivity index (χ2v) is 37.6. The minimum atomic E-state index is -1.19. The molecule has 4 fully saturated rings. The number of esters is 2. The third-order valence-corrected chi connectivity index (χ3v) is 25.2. The Balaban J connectivity index is 0.000000132. The number of aromatic nitrogens is 11. The number of aromatic amines is 1. The summed E-state index contributed by atoms with van der Waals surface area (Å²) >= 11 is 36.7. The lowest BCUT2D eigenvalue weighted by atomic mass is 10.0. The maximum Gasteiger partial charge on any atom is 0.343 e. The van der Waals surface area contributed by atoms with Gasteiger partial charge in [-0.1, -0.05) is 153 Å². The zero-order valence-corrected chi connectivity index (χ0v) is 85.2. The molecule has 4 saturated heterocycles. The summed E-state index contributed by atoms with van der Waals surface area (Å²) in [6, 6.07) is 29.3. The number of alkyl halides is 1. The van der Waals surface area contributed by atoms with E-state index in [1.807, 2.05) is 31.2 Å². The number of aromatic carboxylic acids is 1. The molecule has 30 nitrogen and oxygen atoms in total. The van der Waals surface area contributed by atoms with Crippen molar-refractivity contribution in [2.45, 2.75) is 90.7 Å². The highest BCUT2D eigenvalue weighted by Crippen LogP contribution is 2.43. The number of H-pyrrole nitrogens is 1. The number of carbonyl (C=O) groups is 4. The molecule has 0 amide bonds. The van der Waals surface area contributed by atoms with Crippen LogP contribution in [0, 0.1) is 61.5 Å². The predicted molar refractivity (Wildman–Crippen MR) is 527 cm³/mol. The molecular formula is C93H75Br6Cl3F7N15O15. The summed E-state index contributed by atoms with van der Waals surface area (Å²) in [5, 5.41) is 25.8. The summed E-state index contributed by atoms with van der Waals surface area (Å²) in [5.74, 6) is -2.79. The maximum absolute atomic E-state index is 14.8. The lowest BCUT2D eigenvalue weighted by Crippen LogP contribution is -2.45. The first-order chi connectivity index (χ1) is 66.3. The van der Waals surface area contributed by atoms with Gasteiger partial charge in [0.15, 0.2) is 52.8 Å². The molecule has 8 aromatic heterocycles. The van der Waals surface area contributed by atoms with Crippen molar-refractivity contribution in [3.8, 4) is 34.4 Å². The van der Waals surface area contributed by atoms with Gasteiger partial charge in [-0.2, -0.15) is 15.0 Å². The molecule has 5 aliphatic heterocycles. The van der Waals surface area contributed by atoms with Crippen LogP contribution in [0.2, 0.25) is 10.3 Å². The standard InChI is InChI=1S/C21H23FN4O3.C19H18BrFN4O3.C12H6BrClFN3O.C12H10BrClFNO2.C12H9BrFNO3.C10H4BrClFNO2.C7H5BrFNO/c1-3-14-10-15-12-16(20-23-13(2)25-29-20)19(24-18(15)17(22)11-14)26-6-4-21(5-7-26)27-8-9-28-21;1-11-22-18(28-24-11)14-9-12-8-13(20)10-15(21)16(12)23-17(14)25-4-2-19(3-5-25)26-6-7-27-19;1-5-16-12(19-18-5)8-3-6-2-7(13)4-9(15)10(6)17-11(8)14;1-2-18-12(17)8-4-6-3-7(13)5-9(15)10(6)16-11(8)14;1-2-18-12(17)8-4-6-3-7(13)5-9(14)10(6)15-11(8)16;11-5-1-4-2-6(10(15)16)9(12)14-8(4)7(13)3-5;8-5-1-4(3-11)7(10)6(9)2-5/h10-12H,3-9H2,1-2H3;8-10H,2-7H2,1H3;2-4H,1H3;3-5,11,16H,2H2,1H3;3-5H,2H2,1H3,(H,15,16);1-3H,(H,15,16);1-3H,10H2. The first kappa shape index (κ1) is 104. The number of pyridine rings is 5. The summed E-state index contributed by atoms with van der Waals surface area (Å²) in [7, 11) is 0. The Morgan fingerprint density at radius 2 is 0.892 bits per heavy atom. The number of fused-ring (bicyclic) bond motifs is 6. The average Bonchev–Trinajstić information content (AvgIpc) is 1.75. The quantitative estimate of drug-likeness (QED) is 0.0168. The van der Waals surface area contributed by atoms with Crippen molar-refractivity contribution in [3.63, 3.8) is 0 Å². The van der Waals surface area contributed by atoms with Crippen LogP contribution >= 0.6 is 130 Å². The molecule has 46 heteroatoms. The molecule has 0 aliphatic carbocycles. The number of rotatable bonds is 12. The number of benzene rings is 7. The molecule has 0 radical (unpaired) electrons. The first-order valence-corrected chi connectivity index (χ1v) is 48.0. The van der Waals surface area contributed by atoms with Crippen molar-refractivity contribution in [1.82, 2.24) is 55.3 Å². The van der Waals surface area contributed by atoms with Crippen LogP contribution in [0.4, 0.5) is 53.7 Å². The van der Waals surface area contributed by atoms with Crippen molar-refractivity contribution in [2.24, 2.45) is 0 Å². The predicted octanol–water partition coefficient (Wildman–Crippen LogP) is 23.2. The van der Waals surface area contributed by atoms with Gasteiger partial charge in [0.25, 0.3) is 23.2 Å². The van der Waals surface area contributed by atoms with E-state index in [4.69, 9.17) is 92.6 Å². The van der Waals surface area contributed by atoms with E-state index in [0.717, 1.165) is 48.6 Å². The summed E-state index contributed by atoms with van der Waals surface area (Å²) in [6.45, 7) is 16.3. The highest BCUT2D eigenvalue weighted by molar-refractivity contribution is 9.11. The summed E-state index contributed by atoms with van der Waals surface area (Å²) in [6.07, 6.45) is 5.70. The van der Waals surface area contributed by atoms with Gasteiger partial charge in [-0.15, -0.1) is 0 Å². The van der Waals surface area contributed by atoms with Crippen molar-refractivity contribution < 1.29 is 97.0 Å². The lowest BCUT2D eigenvalue weighted by Gasteiger charge is -2.38. The Hall–Kier alpha value is -11.1. The van der Waals surface area contributed by atoms with E-state index in [9.17, 15) is 54.7 Å². The number of aryl methyl sites for hydroxylation is 4. The maximum atomic E-state index is 14.8. The molecule has 15 aromatic rings. The number of halogens is 16. The number of ether oxygens (including phenoxy) is 6. The van der Waals surface area contributed by atoms with E-state index in [-0.39, 0.29) is 91.2 Å². The zero-order chi connectivity index (χ0) is 99.7. The number of nitrogens with two attached hydrogens (primary N) is 1. The third kappa shape index (κ3) is 24.6. The van der Waals surface area contributed by atoms with Gasteiger partial charge < -0.3 is 72.9 Å². The van der Waals surface area contributed by atoms with E-state index in [2.05, 4.69) is 161 Å². The second kappa shape index (κ2) is 45.2. The lowest BCUT2D eigenvalue weighted by molar-refractivity contribution is -0.169. The Morgan fingerprint density at radius 3 is 1.35 bits per heavy atom. The van der Waals surface area contributed by atoms with Crippen LogP contribution in [0.5, 0.6) is 0 Å². The minimum absolute atomic E-state index is 0.0539. The number of carboxylic acid groups (broad SMARTS) is 1. The molecule has 20 rings (SSSR count). The molecular weight excluding hydrogens is 2290 g/mol. The first-order valence-electron chi connectivity index (χ1n) is 42.0. The van der Waals surface area contributed by atoms with E-state index in [0.29, 0.717) is 176 Å². The molecule has 5 aliphatic rings. The highest BCUT2D eigenvalue weighted by Gasteiger charge is 2.43. The molecule has 724 valence electrons. The van der Waals surface area contributed by atoms with Gasteiger partial charge in [0.2, 0.25) is 0 Å². The minimum Gasteiger partial charge on any atom is -0.478 e. The van der Waals surface area contributed by atoms with Crippen molar-refractivity contribution in [2.75, 3.05) is 86.7 Å². The Labute approximate surface area is 849 Å². The van der Waals surface area contributed by atoms with Gasteiger partial charge in [0.1, 0.15) is 78.3 Å². The third-order valence-electron chi connectivity index (χ3n) is 21.6. The van der Waals surface area contributed by atoms with E-state index < -0.39 is 69.6 Å². The number of hydrogen-bond acceptors (Lipinski definition) is 28. The normalized spacial score (nSPS) is 14.9. The fourth-order valence-corrected chi connectivity index (χ4v) is 18.4. The number of aldehydes is 1. The van der Waals surface area contributed by atoms with Crippen LogP contribution in [-0.4, -0.2) is 168 Å². The zero-order valence-electron chi connectivity index (χ0n) is 73.5. The number of nitrogen functional groups attached to an aromatic ring is 1. The van der Waals surface area contributed by atoms with Crippen LogP contribution in [0.1, 0.15) is 106 Å². The van der Waals surface area contributed by atoms with E-state index in [1.54, 1.807) is 71.0 Å². The highest BCUT2D eigenvalue weighted by atomic mass is 79.9. The number of carbonyl (C=O) groups excluding carboxylic acids is 3. The fourth-order valence-electron chi connectivity index (χ4n) is 15.1. The molecule has 13 heterocycles. The van der Waals surface area contributed by atoms with Crippen LogP contribution in [0.25, 0.3) is 95.0 Å². The van der Waals surface area contributed by atoms with Crippen molar-refractivity contribution >= 4 is 238 Å². The number of nitrogens with zero attached hydrogens (tertiary/aromatic N) is 12. The molecule has 0 saturated carbocycles. The summed E-state index contributed by atoms with van der Waals surface area (Å²) in [5.41, 5.74) is 8.45. The molecule has 5 N–H and O–H groups in total. The van der Waals surface area contributed by atoms with Gasteiger partial charge in [0, 0.05) is 117 Å². The van der Waals surface area contributed by atoms with Gasteiger partial charge in [-0.05, 0) is 168 Å². The SMILES string of the molecule is CCOC(=O)C1=Cc2cc(Br)cc(F)c2NC1Cl.CCOC(=O)c1cc2cc(Br)cc(F)c2[nH]c1=O.CCc1cc(F)c2nc(N3CCC4(CC3)OCCO4)c(-c3nc(C)no3)cc2c1.Cc1noc(-c2cc3cc(Br)cc(F)c3nc2Cl)n1.Cc1noc(-c2cc3cc(Br)cc(F)c3nc2N2CCC3(CC2)OCCO3)n1.Nc1c(F)cc(Br)cc1C=O.O=C(O)c1cc2cc(Br)cc(F)c2nc1Cl. The van der Waals surface area contributed by atoms with Crippen LogP contribution in [-0.2, 0) is 39.6 Å². The Morgan fingerprint density at radius 1 is 0.496 bits per heavy atom. The van der Waals surface area contributed by atoms with Crippen molar-refractivity contribution in [1.29, 1.82) is 0 Å². The summed E-state index contributed by atoms with van der Waals surface area (Å²) in [4.78, 5) is 92.5. The number of piperidine rings is 2. The molecule has 139 heavy (non-hydrogen) atoms. The summed E-state index contributed by atoms with van der Waals surface area (Å²) < 4.78 is 149. The molecule has 7 aromatic carbocycles. The number of nitrogens with one attached hydrogen (secondary N) is 2. The number of carboxylic acids is 1. The number of hydrogen-bond donors (Lipinski definition) is 4. The Kier molecular flexibility index (Phi) is 33.8. The van der Waals surface area contributed by atoms with Gasteiger partial charge in [-0.3, -0.25) is 9.59 Å². The van der Waals surface area contributed by atoms with E-state index in [1.165, 1.54) is 60.7 Å². The molecule has 1 unspecified atom stereocenters. The van der Waals surface area contributed by atoms with Crippen LogP contribution < -0.4 is 26.4 Å². The average molecular weight is 2360 g/mol. The molecule has 1 atom stereocenters. The van der Waals surface area contributed by atoms with Gasteiger partial charge in [0.05, 0.1) is 84.4 Å². The molecule has 2 spiro atoms. The van der Waals surface area contributed by atoms with Gasteiger partial charge >= 0.3 is 17.9 Å². The monoisotopic (exact) mass is 2350 g/mol. The number of anilines is 4. The second-order valence-electron chi connectivity index (χ2n) is 31.0. The molecule has 0 bridgehead atoms. The fraction of sp³-hybridized carbons (Fsp3) is 0.258. The Bertz CT molecular complexity index is 7350. The topological polar surface area (TPSA) is 390 Å². The van der Waals surface area contributed by atoms with Crippen LogP contribution in [0.15, 0.2) is 166 Å². The largest absolute Gasteiger partial charge is 0.478 e. The van der Waals surface area contributed by atoms with E-state index >= 15 is 0 Å². The van der Waals surface area contributed by atoms with Crippen LogP contribution in [0.3, 0.4) is 0 Å². The van der Waals surface area contributed by atoms with Crippen molar-refractivity contribution in [3.05, 3.63) is 254 Å².